The highest BCUT2D eigenvalue weighted by Crippen LogP contribution is 2.53. The van der Waals surface area contributed by atoms with Crippen LogP contribution in [0.3, 0.4) is 0 Å². The van der Waals surface area contributed by atoms with E-state index in [1.807, 2.05) is 0 Å². The van der Waals surface area contributed by atoms with Crippen molar-refractivity contribution in [3.8, 4) is 0 Å². The summed E-state index contributed by atoms with van der Waals surface area (Å²) < 4.78 is 6.36. The zero-order valence-corrected chi connectivity index (χ0v) is 22.3. The van der Waals surface area contributed by atoms with E-state index in [2.05, 4.69) is 15.4 Å². The van der Waals surface area contributed by atoms with Gasteiger partial charge in [-0.15, -0.1) is 0 Å². The van der Waals surface area contributed by atoms with Gasteiger partial charge in [0.25, 0.3) is 0 Å². The van der Waals surface area contributed by atoms with Crippen LogP contribution < -0.4 is 5.48 Å². The van der Waals surface area contributed by atoms with Gasteiger partial charge in [-0.05, 0) is 42.9 Å². The minimum absolute atomic E-state index is 0.0588. The lowest BCUT2D eigenvalue weighted by atomic mass is 9.69. The van der Waals surface area contributed by atoms with E-state index in [1.165, 1.54) is 38.9 Å². The lowest BCUT2D eigenvalue weighted by molar-refractivity contribution is -0.129. The molecule has 1 aliphatic carbocycles. The predicted octanol–water partition coefficient (Wildman–Crippen LogP) is 3.18. The first-order valence-corrected chi connectivity index (χ1v) is 13.8. The van der Waals surface area contributed by atoms with Crippen molar-refractivity contribution in [2.45, 2.75) is 94.6 Å². The predicted molar refractivity (Wildman–Crippen MR) is 141 cm³/mol. The van der Waals surface area contributed by atoms with Crippen LogP contribution in [0.4, 0.5) is 0 Å². The average molecular weight is 535 g/mol. The summed E-state index contributed by atoms with van der Waals surface area (Å²) in [6.45, 7) is 2.17. The van der Waals surface area contributed by atoms with Gasteiger partial charge in [0.05, 0.1) is 13.0 Å². The second kappa shape index (κ2) is 10.9. The van der Waals surface area contributed by atoms with Crippen molar-refractivity contribution >= 4 is 23.8 Å². The van der Waals surface area contributed by atoms with Gasteiger partial charge in [0.1, 0.15) is 48.5 Å². The third-order valence-electron chi connectivity index (χ3n) is 8.87. The highest BCUT2D eigenvalue weighted by Gasteiger charge is 2.63. The molecule has 1 spiro atoms. The molecule has 37 heavy (non-hydrogen) atoms. The summed E-state index contributed by atoms with van der Waals surface area (Å²) in [5.41, 5.74) is 1.75. The van der Waals surface area contributed by atoms with Crippen LogP contribution in [0.5, 0.6) is 0 Å². The van der Waals surface area contributed by atoms with E-state index in [1.54, 1.807) is 31.4 Å². The van der Waals surface area contributed by atoms with Gasteiger partial charge in [0.2, 0.25) is 0 Å². The molecule has 1 aromatic rings. The van der Waals surface area contributed by atoms with Crippen LogP contribution in [0.1, 0.15) is 70.0 Å². The van der Waals surface area contributed by atoms with Crippen molar-refractivity contribution in [2.75, 3.05) is 13.7 Å². The summed E-state index contributed by atoms with van der Waals surface area (Å²) in [5.74, 6) is 0.679. The zero-order valence-electron chi connectivity index (χ0n) is 21.6. The number of hydroxylamine groups is 1. The topological polar surface area (TPSA) is 119 Å². The van der Waals surface area contributed by atoms with E-state index in [9.17, 15) is 15.3 Å². The molecule has 5 rings (SSSR count). The van der Waals surface area contributed by atoms with E-state index in [0.29, 0.717) is 17.1 Å². The molecule has 2 unspecified atom stereocenters. The largest absolute Gasteiger partial charge is 0.386 e. The van der Waals surface area contributed by atoms with E-state index in [0.717, 1.165) is 31.5 Å². The standard InChI is InChI=1S/C27H39ClN4O5/c1-26(35)21(34)25(37-22(26)20(33)17-9-11-18(28)12-10-17)32-15-27(13-7-5-3-4-6-8-14-27)19-23(31-36-2)29-16-30-24(19)32/h9-12,16,19-22,24-25,33-35H,3-8,13-15H2,1-2H3,(H,29,30,31)/t19?,20-,21+,22-,24?,25-,26+/m1/s1. The smallest absolute Gasteiger partial charge is 0.142 e. The molecule has 0 amide bonds. The van der Waals surface area contributed by atoms with Crippen molar-refractivity contribution < 1.29 is 24.9 Å². The molecule has 3 fully saturated rings. The molecule has 3 heterocycles. The van der Waals surface area contributed by atoms with Crippen molar-refractivity contribution in [3.05, 3.63) is 34.9 Å². The second-order valence-corrected chi connectivity index (χ2v) is 11.7. The van der Waals surface area contributed by atoms with Crippen molar-refractivity contribution in [3.63, 3.8) is 0 Å². The highest BCUT2D eigenvalue weighted by atomic mass is 35.5. The van der Waals surface area contributed by atoms with Gasteiger partial charge in [-0.3, -0.25) is 20.2 Å². The van der Waals surface area contributed by atoms with Crippen molar-refractivity contribution in [1.82, 2.24) is 10.4 Å². The van der Waals surface area contributed by atoms with Gasteiger partial charge < -0.3 is 20.1 Å². The Bertz CT molecular complexity index is 993. The molecule has 4 N–H and O–H groups in total. The van der Waals surface area contributed by atoms with Crippen LogP contribution in [-0.2, 0) is 9.57 Å². The number of aliphatic hydroxyl groups excluding tert-OH is 2. The fourth-order valence-corrected chi connectivity index (χ4v) is 7.03. The minimum Gasteiger partial charge on any atom is -0.386 e. The molecule has 3 aliphatic heterocycles. The minimum atomic E-state index is -1.69. The van der Waals surface area contributed by atoms with Crippen LogP contribution in [0.25, 0.3) is 0 Å². The summed E-state index contributed by atoms with van der Waals surface area (Å²) in [6.07, 6.45) is 6.06. The molecule has 10 heteroatoms. The Balaban J connectivity index is 1.46. The first-order valence-electron chi connectivity index (χ1n) is 13.4. The number of benzene rings is 1. The Kier molecular flexibility index (Phi) is 7.94. The number of aliphatic imine (C=N–C) groups is 2. The fourth-order valence-electron chi connectivity index (χ4n) is 6.91. The summed E-state index contributed by atoms with van der Waals surface area (Å²) in [6, 6.07) is 6.78. The number of fused-ring (bicyclic) bond motifs is 2. The van der Waals surface area contributed by atoms with Crippen molar-refractivity contribution in [1.29, 1.82) is 0 Å². The summed E-state index contributed by atoms with van der Waals surface area (Å²) >= 11 is 6.02. The summed E-state index contributed by atoms with van der Waals surface area (Å²) in [4.78, 5) is 16.7. The molecule has 204 valence electrons. The molecule has 4 aliphatic rings. The number of rotatable bonds is 4. The van der Waals surface area contributed by atoms with Crippen LogP contribution in [-0.4, -0.2) is 76.3 Å². The lowest BCUT2D eigenvalue weighted by Gasteiger charge is -2.37. The molecule has 0 bridgehead atoms. The molecule has 2 saturated heterocycles. The Morgan fingerprint density at radius 3 is 2.43 bits per heavy atom. The molecule has 7 atom stereocenters. The van der Waals surface area contributed by atoms with Gasteiger partial charge >= 0.3 is 0 Å². The van der Waals surface area contributed by atoms with Crippen molar-refractivity contribution in [2.24, 2.45) is 21.3 Å². The first kappa shape index (κ1) is 27.0. The molecule has 9 nitrogen and oxygen atoms in total. The number of likely N-dealkylation sites (tertiary alicyclic amines) is 1. The SMILES string of the molecule is CONC1=NC=NC2C1C1(CCCCCCCC1)CN2[C@@H]1O[C@H]([C@H](O)c2ccc(Cl)cc2)[C@@](C)(O)[C@H]1O. The maximum Gasteiger partial charge on any atom is 0.142 e. The first-order chi connectivity index (χ1) is 17.8. The van der Waals surface area contributed by atoms with Gasteiger partial charge in [0.15, 0.2) is 0 Å². The number of aliphatic hydroxyl groups is 3. The normalized spacial score (nSPS) is 36.9. The Hall–Kier alpha value is -1.59. The molecule has 1 aromatic carbocycles. The number of hydrogen-bond acceptors (Lipinski definition) is 9. The molecular formula is C27H39ClN4O5. The van der Waals surface area contributed by atoms with E-state index in [-0.39, 0.29) is 17.5 Å². The van der Waals surface area contributed by atoms with Crippen LogP contribution in [0.2, 0.25) is 5.02 Å². The number of hydrogen-bond donors (Lipinski definition) is 4. The van der Waals surface area contributed by atoms with Gasteiger partial charge in [-0.2, -0.15) is 0 Å². The average Bonchev–Trinajstić information content (AvgIpc) is 3.37. The maximum absolute atomic E-state index is 11.4. The molecule has 0 aromatic heterocycles. The number of nitrogens with zero attached hydrogens (tertiary/aromatic N) is 3. The number of halogens is 1. The van der Waals surface area contributed by atoms with Crippen LogP contribution in [0, 0.1) is 11.3 Å². The Labute approximate surface area is 223 Å². The third-order valence-corrected chi connectivity index (χ3v) is 9.12. The number of ether oxygens (including phenoxy) is 1. The number of amidine groups is 1. The summed E-state index contributed by atoms with van der Waals surface area (Å²) in [7, 11) is 1.58. The fraction of sp³-hybridized carbons (Fsp3) is 0.704. The Morgan fingerprint density at radius 1 is 1.14 bits per heavy atom. The lowest BCUT2D eigenvalue weighted by Crippen LogP contribution is -2.52. The summed E-state index contributed by atoms with van der Waals surface area (Å²) in [5, 5.41) is 34.5. The van der Waals surface area contributed by atoms with Gasteiger partial charge in [-0.1, -0.05) is 62.3 Å². The highest BCUT2D eigenvalue weighted by molar-refractivity contribution is 6.30. The molecule has 0 radical (unpaired) electrons. The van der Waals surface area contributed by atoms with E-state index >= 15 is 0 Å². The zero-order chi connectivity index (χ0) is 26.2. The third kappa shape index (κ3) is 4.95. The molecular weight excluding hydrogens is 496 g/mol. The number of nitrogens with one attached hydrogen (secondary N) is 1. The van der Waals surface area contributed by atoms with Crippen LogP contribution in [0.15, 0.2) is 34.3 Å². The van der Waals surface area contributed by atoms with Crippen LogP contribution >= 0.6 is 11.6 Å². The van der Waals surface area contributed by atoms with E-state index < -0.39 is 30.1 Å². The molecule has 1 saturated carbocycles. The Morgan fingerprint density at radius 2 is 1.78 bits per heavy atom. The second-order valence-electron chi connectivity index (χ2n) is 11.2. The van der Waals surface area contributed by atoms with E-state index in [4.69, 9.17) is 26.2 Å². The monoisotopic (exact) mass is 534 g/mol. The maximum atomic E-state index is 11.4. The quantitative estimate of drug-likeness (QED) is 0.438. The van der Waals surface area contributed by atoms with Gasteiger partial charge in [-0.25, -0.2) is 4.99 Å². The van der Waals surface area contributed by atoms with Gasteiger partial charge in [0, 0.05) is 11.6 Å².